The van der Waals surface area contributed by atoms with Gasteiger partial charge in [-0.2, -0.15) is 0 Å². The molecule has 1 aliphatic carbocycles. The van der Waals surface area contributed by atoms with E-state index in [1.54, 1.807) is 7.11 Å². The van der Waals surface area contributed by atoms with Gasteiger partial charge >= 0.3 is 0 Å². The summed E-state index contributed by atoms with van der Waals surface area (Å²) in [4.78, 5) is 0. The highest BCUT2D eigenvalue weighted by Crippen LogP contribution is 2.42. The third-order valence-corrected chi connectivity index (χ3v) is 4.91. The van der Waals surface area contributed by atoms with Crippen molar-refractivity contribution in [3.8, 4) is 5.75 Å². The first kappa shape index (κ1) is 16.8. The van der Waals surface area contributed by atoms with Gasteiger partial charge in [0.1, 0.15) is 5.75 Å². The molecular formula is C19H23NO3S. The van der Waals surface area contributed by atoms with Crippen molar-refractivity contribution in [1.29, 1.82) is 0 Å². The molecule has 3 rings (SSSR count). The number of hydrogen-bond acceptors (Lipinski definition) is 3. The zero-order chi connectivity index (χ0) is 17.2. The van der Waals surface area contributed by atoms with Crippen molar-refractivity contribution in [1.82, 2.24) is 0 Å². The Kier molecular flexibility index (Phi) is 4.81. The Labute approximate surface area is 143 Å². The number of nitrogens with one attached hydrogen (secondary N) is 1. The van der Waals surface area contributed by atoms with Gasteiger partial charge in [0.05, 0.1) is 13.4 Å². The van der Waals surface area contributed by atoms with E-state index in [0.29, 0.717) is 11.6 Å². The molecule has 0 atom stereocenters. The predicted octanol–water partition coefficient (Wildman–Crippen LogP) is 3.73. The van der Waals surface area contributed by atoms with Gasteiger partial charge in [0, 0.05) is 5.69 Å². The second-order valence-electron chi connectivity index (χ2n) is 6.41. The first-order valence-electron chi connectivity index (χ1n) is 8.18. The Hall–Kier alpha value is -2.01. The molecule has 0 bridgehead atoms. The van der Waals surface area contributed by atoms with Crippen LogP contribution in [0.25, 0.3) is 0 Å². The van der Waals surface area contributed by atoms with Crippen LogP contribution in [0.3, 0.4) is 0 Å². The van der Waals surface area contributed by atoms with Crippen molar-refractivity contribution in [3.63, 3.8) is 0 Å². The molecule has 2 aromatic rings. The van der Waals surface area contributed by atoms with Crippen molar-refractivity contribution in [2.24, 2.45) is 0 Å². The van der Waals surface area contributed by atoms with Crippen LogP contribution in [0.2, 0.25) is 0 Å². The number of ether oxygens (including phenoxy) is 1. The average Bonchev–Trinajstić information content (AvgIpc) is 3.37. The largest absolute Gasteiger partial charge is 0.497 e. The quantitative estimate of drug-likeness (QED) is 0.832. The summed E-state index contributed by atoms with van der Waals surface area (Å²) < 4.78 is 30.7. The number of rotatable bonds is 7. The van der Waals surface area contributed by atoms with Gasteiger partial charge in [-0.3, -0.25) is 4.72 Å². The Balaban J connectivity index is 1.77. The molecule has 2 aromatic carbocycles. The van der Waals surface area contributed by atoms with Gasteiger partial charge in [-0.05, 0) is 72.6 Å². The molecule has 24 heavy (non-hydrogen) atoms. The van der Waals surface area contributed by atoms with Crippen LogP contribution in [-0.2, 0) is 22.9 Å². The summed E-state index contributed by atoms with van der Waals surface area (Å²) in [5.41, 5.74) is 4.50. The summed E-state index contributed by atoms with van der Waals surface area (Å²) in [6.45, 7) is 0. The summed E-state index contributed by atoms with van der Waals surface area (Å²) in [7, 11) is -1.59. The van der Waals surface area contributed by atoms with E-state index < -0.39 is 10.0 Å². The Morgan fingerprint density at radius 3 is 2.38 bits per heavy atom. The standard InChI is InChI=1S/C19H23NO3S/c1-23-18-10-4-14(5-11-18)3-6-16-13-17(20-24(2,21)22)9-12-19(16)15-7-8-15/h4-5,9-13,15,20H,3,6-8H2,1-2H3. The summed E-state index contributed by atoms with van der Waals surface area (Å²) in [5.74, 6) is 1.50. The van der Waals surface area contributed by atoms with Crippen molar-refractivity contribution < 1.29 is 13.2 Å². The Morgan fingerprint density at radius 1 is 1.08 bits per heavy atom. The van der Waals surface area contributed by atoms with Crippen LogP contribution in [0.5, 0.6) is 5.75 Å². The van der Waals surface area contributed by atoms with E-state index >= 15 is 0 Å². The molecule has 0 heterocycles. The molecule has 0 aromatic heterocycles. The lowest BCUT2D eigenvalue weighted by molar-refractivity contribution is 0.414. The van der Waals surface area contributed by atoms with Crippen LogP contribution in [-0.4, -0.2) is 21.8 Å². The van der Waals surface area contributed by atoms with Crippen molar-refractivity contribution in [2.75, 3.05) is 18.1 Å². The molecule has 1 N–H and O–H groups in total. The highest BCUT2D eigenvalue weighted by atomic mass is 32.2. The van der Waals surface area contributed by atoms with Gasteiger partial charge in [-0.1, -0.05) is 18.2 Å². The van der Waals surface area contributed by atoms with Gasteiger partial charge < -0.3 is 4.74 Å². The minimum atomic E-state index is -3.25. The van der Waals surface area contributed by atoms with E-state index in [-0.39, 0.29) is 0 Å². The lowest BCUT2D eigenvalue weighted by Crippen LogP contribution is -2.10. The van der Waals surface area contributed by atoms with E-state index in [2.05, 4.69) is 22.9 Å². The number of aryl methyl sites for hydroxylation is 2. The molecule has 1 saturated carbocycles. The van der Waals surface area contributed by atoms with E-state index in [9.17, 15) is 8.42 Å². The second kappa shape index (κ2) is 6.85. The summed E-state index contributed by atoms with van der Waals surface area (Å²) >= 11 is 0. The van der Waals surface area contributed by atoms with Crippen molar-refractivity contribution >= 4 is 15.7 Å². The third-order valence-electron chi connectivity index (χ3n) is 4.31. The lowest BCUT2D eigenvalue weighted by atomic mass is 9.96. The molecule has 0 saturated heterocycles. The molecule has 128 valence electrons. The highest BCUT2D eigenvalue weighted by Gasteiger charge is 2.26. The van der Waals surface area contributed by atoms with Gasteiger partial charge in [0.2, 0.25) is 10.0 Å². The molecule has 1 fully saturated rings. The molecule has 4 nitrogen and oxygen atoms in total. The first-order chi connectivity index (χ1) is 11.4. The number of anilines is 1. The molecule has 0 unspecified atom stereocenters. The number of methoxy groups -OCH3 is 1. The minimum absolute atomic E-state index is 0.642. The molecule has 0 amide bonds. The molecule has 0 radical (unpaired) electrons. The smallest absolute Gasteiger partial charge is 0.229 e. The van der Waals surface area contributed by atoms with Crippen LogP contribution in [0.4, 0.5) is 5.69 Å². The molecule has 1 aliphatic rings. The average molecular weight is 345 g/mol. The molecule has 0 aliphatic heterocycles. The number of benzene rings is 2. The van der Waals surface area contributed by atoms with Crippen LogP contribution >= 0.6 is 0 Å². The summed E-state index contributed by atoms with van der Waals surface area (Å²) in [6.07, 6.45) is 5.46. The van der Waals surface area contributed by atoms with Gasteiger partial charge in [0.15, 0.2) is 0 Å². The molecule has 0 spiro atoms. The Morgan fingerprint density at radius 2 is 1.79 bits per heavy atom. The van der Waals surface area contributed by atoms with Gasteiger partial charge in [-0.15, -0.1) is 0 Å². The summed E-state index contributed by atoms with van der Waals surface area (Å²) in [6, 6.07) is 14.0. The van der Waals surface area contributed by atoms with E-state index in [0.717, 1.165) is 18.6 Å². The van der Waals surface area contributed by atoms with Crippen LogP contribution in [0.15, 0.2) is 42.5 Å². The highest BCUT2D eigenvalue weighted by molar-refractivity contribution is 7.92. The summed E-state index contributed by atoms with van der Waals surface area (Å²) in [5, 5.41) is 0. The van der Waals surface area contributed by atoms with E-state index in [4.69, 9.17) is 4.74 Å². The molecular weight excluding hydrogens is 322 g/mol. The third kappa shape index (κ3) is 4.51. The SMILES string of the molecule is COc1ccc(CCc2cc(NS(C)(=O)=O)ccc2C2CC2)cc1. The van der Waals surface area contributed by atoms with Gasteiger partial charge in [-0.25, -0.2) is 8.42 Å². The first-order valence-corrected chi connectivity index (χ1v) is 10.1. The lowest BCUT2D eigenvalue weighted by Gasteiger charge is -2.12. The van der Waals surface area contributed by atoms with Crippen LogP contribution < -0.4 is 9.46 Å². The zero-order valence-electron chi connectivity index (χ0n) is 14.1. The van der Waals surface area contributed by atoms with Gasteiger partial charge in [0.25, 0.3) is 0 Å². The fourth-order valence-corrected chi connectivity index (χ4v) is 3.52. The van der Waals surface area contributed by atoms with E-state index in [1.807, 2.05) is 24.3 Å². The maximum atomic E-state index is 11.5. The maximum Gasteiger partial charge on any atom is 0.229 e. The number of sulfonamides is 1. The zero-order valence-corrected chi connectivity index (χ0v) is 14.9. The fourth-order valence-electron chi connectivity index (χ4n) is 2.96. The Bertz CT molecular complexity index is 809. The van der Waals surface area contributed by atoms with E-state index in [1.165, 1.54) is 35.8 Å². The molecule has 5 heteroatoms. The predicted molar refractivity (Wildman–Crippen MR) is 97.3 cm³/mol. The second-order valence-corrected chi connectivity index (χ2v) is 8.16. The monoisotopic (exact) mass is 345 g/mol. The normalized spacial score (nSPS) is 14.4. The topological polar surface area (TPSA) is 55.4 Å². The minimum Gasteiger partial charge on any atom is -0.497 e. The van der Waals surface area contributed by atoms with Crippen molar-refractivity contribution in [3.05, 3.63) is 59.2 Å². The number of hydrogen-bond donors (Lipinski definition) is 1. The van der Waals surface area contributed by atoms with Crippen LogP contribution in [0.1, 0.15) is 35.4 Å². The van der Waals surface area contributed by atoms with Crippen molar-refractivity contribution in [2.45, 2.75) is 31.6 Å². The van der Waals surface area contributed by atoms with Crippen LogP contribution in [0, 0.1) is 0 Å². The maximum absolute atomic E-state index is 11.5. The fraction of sp³-hybridized carbons (Fsp3) is 0.368.